The van der Waals surface area contributed by atoms with Gasteiger partial charge in [0.05, 0.1) is 25.4 Å². The van der Waals surface area contributed by atoms with Crippen LogP contribution in [-0.2, 0) is 14.3 Å². The van der Waals surface area contributed by atoms with Gasteiger partial charge in [0.2, 0.25) is 5.91 Å². The highest BCUT2D eigenvalue weighted by molar-refractivity contribution is 5.76. The second-order valence-corrected chi connectivity index (χ2v) is 18.9. The molecule has 0 aliphatic heterocycles. The van der Waals surface area contributed by atoms with E-state index in [1.165, 1.54) is 238 Å². The molecule has 0 spiro atoms. The van der Waals surface area contributed by atoms with Crippen LogP contribution in [0.5, 0.6) is 0 Å². The Hall–Kier alpha value is -1.14. The van der Waals surface area contributed by atoms with Crippen molar-refractivity contribution in [3.8, 4) is 0 Å². The van der Waals surface area contributed by atoms with E-state index in [0.717, 1.165) is 38.5 Å². The maximum absolute atomic E-state index is 12.4. The van der Waals surface area contributed by atoms with Gasteiger partial charge < -0.3 is 20.3 Å². The van der Waals surface area contributed by atoms with Gasteiger partial charge in [-0.3, -0.25) is 9.59 Å². The number of carbonyl (C=O) groups excluding carboxylic acids is 2. The molecule has 0 fully saturated rings. The van der Waals surface area contributed by atoms with Crippen LogP contribution in [0.3, 0.4) is 0 Å². The summed E-state index contributed by atoms with van der Waals surface area (Å²) in [5.74, 6) is -0.0247. The molecule has 0 aromatic heterocycles. The van der Waals surface area contributed by atoms with Crippen molar-refractivity contribution >= 4 is 11.9 Å². The van der Waals surface area contributed by atoms with E-state index in [1.807, 2.05) is 0 Å². The average molecular weight is 850 g/mol. The topological polar surface area (TPSA) is 95.9 Å². The lowest BCUT2D eigenvalue weighted by molar-refractivity contribution is -0.143. The smallest absolute Gasteiger partial charge is 0.305 e. The molecule has 0 saturated heterocycles. The van der Waals surface area contributed by atoms with E-state index < -0.39 is 12.1 Å². The molecule has 0 aliphatic carbocycles. The summed E-state index contributed by atoms with van der Waals surface area (Å²) in [5, 5.41) is 23.1. The number of unbranched alkanes of at least 4 members (excludes halogenated alkanes) is 40. The summed E-state index contributed by atoms with van der Waals surface area (Å²) in [5.41, 5.74) is 0. The van der Waals surface area contributed by atoms with Crippen LogP contribution in [0.4, 0.5) is 0 Å². The third-order valence-corrected chi connectivity index (χ3v) is 12.9. The molecule has 1 amide bonds. The first-order chi connectivity index (χ1) is 29.5. The van der Waals surface area contributed by atoms with Crippen LogP contribution < -0.4 is 5.32 Å². The molecule has 3 N–H and O–H groups in total. The predicted molar refractivity (Wildman–Crippen MR) is 260 cm³/mol. The molecular formula is C54H107NO5. The molecule has 0 aromatic rings. The maximum atomic E-state index is 12.4. The molecule has 0 rings (SSSR count). The molecule has 2 unspecified atom stereocenters. The summed E-state index contributed by atoms with van der Waals surface area (Å²) in [6, 6.07) is -0.539. The van der Waals surface area contributed by atoms with E-state index in [0.29, 0.717) is 25.9 Å². The van der Waals surface area contributed by atoms with Gasteiger partial charge in [0.1, 0.15) is 0 Å². The van der Waals surface area contributed by atoms with Gasteiger partial charge in [-0.05, 0) is 25.7 Å². The number of hydrogen-bond acceptors (Lipinski definition) is 5. The van der Waals surface area contributed by atoms with Crippen LogP contribution in [0.25, 0.3) is 0 Å². The first kappa shape index (κ1) is 58.9. The minimum absolute atomic E-state index is 0.0132. The predicted octanol–water partition coefficient (Wildman–Crippen LogP) is 16.4. The van der Waals surface area contributed by atoms with Crippen LogP contribution in [0.15, 0.2) is 0 Å². The number of amides is 1. The van der Waals surface area contributed by atoms with Crippen molar-refractivity contribution in [1.82, 2.24) is 5.32 Å². The number of esters is 1. The van der Waals surface area contributed by atoms with Gasteiger partial charge >= 0.3 is 5.97 Å². The highest BCUT2D eigenvalue weighted by Gasteiger charge is 2.20. The number of ether oxygens (including phenoxy) is 1. The lowest BCUT2D eigenvalue weighted by Gasteiger charge is -2.22. The first-order valence-electron chi connectivity index (χ1n) is 27.3. The molecule has 358 valence electrons. The Bertz CT molecular complexity index is 852. The summed E-state index contributed by atoms with van der Waals surface area (Å²) in [7, 11) is 0. The van der Waals surface area contributed by atoms with Crippen molar-refractivity contribution in [2.24, 2.45) is 0 Å². The van der Waals surface area contributed by atoms with Gasteiger partial charge in [-0.1, -0.05) is 271 Å². The summed E-state index contributed by atoms with van der Waals surface area (Å²) in [6.07, 6.45) is 56.6. The van der Waals surface area contributed by atoms with Crippen molar-refractivity contribution < 1.29 is 24.5 Å². The van der Waals surface area contributed by atoms with E-state index in [2.05, 4.69) is 19.2 Å². The Morgan fingerprint density at radius 3 is 1.02 bits per heavy atom. The summed E-state index contributed by atoms with van der Waals surface area (Å²) in [4.78, 5) is 24.4. The number of aliphatic hydroxyl groups is 2. The lowest BCUT2D eigenvalue weighted by atomic mass is 10.0. The minimum Gasteiger partial charge on any atom is -0.466 e. The monoisotopic (exact) mass is 850 g/mol. The zero-order valence-electron chi connectivity index (χ0n) is 40.7. The van der Waals surface area contributed by atoms with Crippen LogP contribution in [-0.4, -0.2) is 47.4 Å². The number of hydrogen-bond donors (Lipinski definition) is 3. The van der Waals surface area contributed by atoms with Gasteiger partial charge in [0, 0.05) is 12.8 Å². The van der Waals surface area contributed by atoms with Crippen molar-refractivity contribution in [3.05, 3.63) is 0 Å². The highest BCUT2D eigenvalue weighted by Crippen LogP contribution is 2.17. The highest BCUT2D eigenvalue weighted by atomic mass is 16.5. The second-order valence-electron chi connectivity index (χ2n) is 18.9. The third-order valence-electron chi connectivity index (χ3n) is 12.9. The largest absolute Gasteiger partial charge is 0.466 e. The molecule has 2 atom stereocenters. The van der Waals surface area contributed by atoms with Crippen LogP contribution >= 0.6 is 0 Å². The summed E-state index contributed by atoms with van der Waals surface area (Å²) in [6.45, 7) is 4.94. The van der Waals surface area contributed by atoms with Gasteiger partial charge in [-0.25, -0.2) is 0 Å². The van der Waals surface area contributed by atoms with Crippen LogP contribution in [0, 0.1) is 0 Å². The molecule has 0 aromatic carbocycles. The van der Waals surface area contributed by atoms with E-state index in [9.17, 15) is 19.8 Å². The maximum Gasteiger partial charge on any atom is 0.305 e. The van der Waals surface area contributed by atoms with Crippen molar-refractivity contribution in [2.45, 2.75) is 321 Å². The molecule has 0 heterocycles. The van der Waals surface area contributed by atoms with E-state index in [1.54, 1.807) is 0 Å². The lowest BCUT2D eigenvalue weighted by Crippen LogP contribution is -2.45. The normalized spacial score (nSPS) is 12.5. The van der Waals surface area contributed by atoms with Crippen LogP contribution in [0.2, 0.25) is 0 Å². The fraction of sp³-hybridized carbons (Fsp3) is 0.963. The Labute approximate surface area is 375 Å². The van der Waals surface area contributed by atoms with Gasteiger partial charge in [0.15, 0.2) is 0 Å². The molecule has 60 heavy (non-hydrogen) atoms. The number of aliphatic hydroxyl groups excluding tert-OH is 2. The standard InChI is InChI=1S/C54H107NO5/c1-3-5-7-9-11-13-14-15-25-28-32-36-40-44-48-54(59)60-49-45-41-37-33-29-26-23-21-19-17-16-18-20-22-24-27-31-35-39-43-47-53(58)55-51(50-56)52(57)46-42-38-34-30-12-10-8-6-4-2/h51-52,56-57H,3-50H2,1-2H3,(H,55,58). The van der Waals surface area contributed by atoms with Crippen molar-refractivity contribution in [3.63, 3.8) is 0 Å². The molecule has 6 heteroatoms. The third kappa shape index (κ3) is 46.4. The second kappa shape index (κ2) is 50.5. The fourth-order valence-corrected chi connectivity index (χ4v) is 8.70. The molecule has 0 radical (unpaired) electrons. The molecule has 0 bridgehead atoms. The Kier molecular flexibility index (Phi) is 49.5. The molecule has 0 aliphatic rings. The Morgan fingerprint density at radius 1 is 0.400 bits per heavy atom. The number of carbonyl (C=O) groups is 2. The quantitative estimate of drug-likeness (QED) is 0.0418. The van der Waals surface area contributed by atoms with Crippen LogP contribution in [0.1, 0.15) is 309 Å². The number of nitrogens with one attached hydrogen (secondary N) is 1. The summed E-state index contributed by atoms with van der Waals surface area (Å²) < 4.78 is 5.48. The average Bonchev–Trinajstić information content (AvgIpc) is 3.25. The zero-order valence-corrected chi connectivity index (χ0v) is 40.7. The number of rotatable bonds is 51. The zero-order chi connectivity index (χ0) is 43.7. The van der Waals surface area contributed by atoms with Gasteiger partial charge in [-0.15, -0.1) is 0 Å². The summed E-state index contributed by atoms with van der Waals surface area (Å²) >= 11 is 0. The minimum atomic E-state index is -0.661. The molecule has 6 nitrogen and oxygen atoms in total. The molecule has 0 saturated carbocycles. The van der Waals surface area contributed by atoms with Gasteiger partial charge in [0.25, 0.3) is 0 Å². The van der Waals surface area contributed by atoms with Crippen molar-refractivity contribution in [2.75, 3.05) is 13.2 Å². The first-order valence-corrected chi connectivity index (χ1v) is 27.3. The SMILES string of the molecule is CCCCCCCCCCCCCCCCC(=O)OCCCCCCCCCCCCCCCCCCCCCCC(=O)NC(CO)C(O)CCCCCCCCCCC. The van der Waals surface area contributed by atoms with Crippen molar-refractivity contribution in [1.29, 1.82) is 0 Å². The Morgan fingerprint density at radius 2 is 0.683 bits per heavy atom. The Balaban J connectivity index is 3.34. The van der Waals surface area contributed by atoms with E-state index >= 15 is 0 Å². The van der Waals surface area contributed by atoms with E-state index in [-0.39, 0.29) is 18.5 Å². The molecular weight excluding hydrogens is 743 g/mol. The fourth-order valence-electron chi connectivity index (χ4n) is 8.70. The van der Waals surface area contributed by atoms with Gasteiger partial charge in [-0.2, -0.15) is 0 Å². The van der Waals surface area contributed by atoms with E-state index in [4.69, 9.17) is 4.74 Å².